The van der Waals surface area contributed by atoms with Gasteiger partial charge in [-0.25, -0.2) is 0 Å². The minimum Gasteiger partial charge on any atom is -0.489 e. The van der Waals surface area contributed by atoms with Gasteiger partial charge in [0, 0.05) is 11.3 Å². The summed E-state index contributed by atoms with van der Waals surface area (Å²) in [6, 6.07) is 16.2. The largest absolute Gasteiger partial charge is 0.489 e. The molecule has 0 spiro atoms. The van der Waals surface area contributed by atoms with E-state index in [0.717, 1.165) is 17.2 Å². The van der Waals surface area contributed by atoms with Crippen LogP contribution in [0.15, 0.2) is 64.3 Å². The summed E-state index contributed by atoms with van der Waals surface area (Å²) < 4.78 is 11.7. The van der Waals surface area contributed by atoms with Gasteiger partial charge in [0.2, 0.25) is 0 Å². The average Bonchev–Trinajstić information content (AvgIpc) is 2.70. The molecule has 0 aliphatic carbocycles. The fraction of sp³-hybridized carbons (Fsp3) is 0.375. The molecule has 0 N–H and O–H groups in total. The van der Waals surface area contributed by atoms with Crippen molar-refractivity contribution in [3.63, 3.8) is 0 Å². The zero-order chi connectivity index (χ0) is 22.1. The van der Waals surface area contributed by atoms with Crippen molar-refractivity contribution in [2.75, 3.05) is 20.3 Å². The van der Waals surface area contributed by atoms with E-state index >= 15 is 0 Å². The number of nitrogens with zero attached hydrogens (tertiary/aromatic N) is 1. The second kappa shape index (κ2) is 11.3. The van der Waals surface area contributed by atoms with Gasteiger partial charge in [0.05, 0.1) is 5.71 Å². The molecule has 0 amide bonds. The molecule has 0 aliphatic heterocycles. The number of hydrogen-bond donors (Lipinski definition) is 0. The predicted molar refractivity (Wildman–Crippen MR) is 125 cm³/mol. The van der Waals surface area contributed by atoms with E-state index in [1.54, 1.807) is 13.2 Å². The number of oxime groups is 1. The second-order valence-corrected chi connectivity index (χ2v) is 8.93. The van der Waals surface area contributed by atoms with Gasteiger partial charge in [-0.15, -0.1) is 0 Å². The van der Waals surface area contributed by atoms with Gasteiger partial charge < -0.3 is 14.3 Å². The molecule has 6 heteroatoms. The van der Waals surface area contributed by atoms with Crippen LogP contribution in [-0.2, 0) is 4.84 Å². The Hall–Kier alpha value is -2.17. The predicted octanol–water partition coefficient (Wildman–Crippen LogP) is 6.96. The van der Waals surface area contributed by atoms with Gasteiger partial charge in [0.1, 0.15) is 36.3 Å². The van der Waals surface area contributed by atoms with Gasteiger partial charge in [-0.1, -0.05) is 80.3 Å². The third-order valence-corrected chi connectivity index (χ3v) is 5.00. The molecule has 2 rings (SSSR count). The summed E-state index contributed by atoms with van der Waals surface area (Å²) in [5.74, 6) is 1.81. The monoisotopic (exact) mass is 449 g/mol. The summed E-state index contributed by atoms with van der Waals surface area (Å²) in [4.78, 5) is 4.94. The highest BCUT2D eigenvalue weighted by molar-refractivity contribution is 6.55. The molecule has 0 bridgehead atoms. The first-order valence-corrected chi connectivity index (χ1v) is 10.5. The highest BCUT2D eigenvalue weighted by atomic mass is 35.5. The van der Waals surface area contributed by atoms with Crippen molar-refractivity contribution >= 4 is 28.9 Å². The number of rotatable bonds is 9. The van der Waals surface area contributed by atoms with Crippen LogP contribution < -0.4 is 9.47 Å². The van der Waals surface area contributed by atoms with Crippen LogP contribution in [0, 0.1) is 5.41 Å². The normalized spacial score (nSPS) is 12.8. The van der Waals surface area contributed by atoms with E-state index in [4.69, 9.17) is 37.5 Å². The fourth-order valence-electron chi connectivity index (χ4n) is 2.74. The number of benzene rings is 2. The van der Waals surface area contributed by atoms with Gasteiger partial charge in [-0.3, -0.25) is 0 Å². The van der Waals surface area contributed by atoms with E-state index in [-0.39, 0.29) is 15.8 Å². The molecule has 0 saturated carbocycles. The molecule has 0 heterocycles. The molecule has 162 valence electrons. The highest BCUT2D eigenvalue weighted by Crippen LogP contribution is 2.27. The summed E-state index contributed by atoms with van der Waals surface area (Å²) >= 11 is 11.2. The van der Waals surface area contributed by atoms with Crippen LogP contribution in [-0.4, -0.2) is 26.0 Å². The Kier molecular flexibility index (Phi) is 9.07. The maximum absolute atomic E-state index is 5.91. The van der Waals surface area contributed by atoms with Gasteiger partial charge >= 0.3 is 0 Å². The highest BCUT2D eigenvalue weighted by Gasteiger charge is 2.20. The van der Waals surface area contributed by atoms with E-state index in [1.165, 1.54) is 11.1 Å². The van der Waals surface area contributed by atoms with E-state index in [0.29, 0.717) is 13.2 Å². The molecule has 30 heavy (non-hydrogen) atoms. The standard InChI is InChI=1S/C24H29Cl2NO3/c1-17(18-6-10-20(11-7-18)29-15-14-23(25)26)19-8-12-21(13-9-19)30-16-22(27-28-5)24(2,3)4/h6-14,17H,15-16H2,1-5H3. The SMILES string of the molecule is CON=C(COc1ccc(C(C)c2ccc(OCC=C(Cl)Cl)cc2)cc1)C(C)(C)C. The molecule has 4 nitrogen and oxygen atoms in total. The lowest BCUT2D eigenvalue weighted by molar-refractivity contribution is 0.204. The molecule has 1 unspecified atom stereocenters. The average molecular weight is 450 g/mol. The summed E-state index contributed by atoms with van der Waals surface area (Å²) in [7, 11) is 1.55. The molecular formula is C24H29Cl2NO3. The quantitative estimate of drug-likeness (QED) is 0.306. The third-order valence-electron chi connectivity index (χ3n) is 4.69. The van der Waals surface area contributed by atoms with E-state index in [2.05, 4.69) is 57.1 Å². The molecule has 1 atom stereocenters. The minimum absolute atomic E-state index is 0.118. The first kappa shape index (κ1) is 24.1. The summed E-state index contributed by atoms with van der Waals surface area (Å²) in [5.41, 5.74) is 3.14. The first-order chi connectivity index (χ1) is 14.2. The lowest BCUT2D eigenvalue weighted by atomic mass is 9.90. The van der Waals surface area contributed by atoms with E-state index in [9.17, 15) is 0 Å². The van der Waals surface area contributed by atoms with Crippen LogP contribution in [0.4, 0.5) is 0 Å². The Morgan fingerprint density at radius 3 is 1.87 bits per heavy atom. The van der Waals surface area contributed by atoms with Crippen molar-refractivity contribution in [3.8, 4) is 11.5 Å². The zero-order valence-corrected chi connectivity index (χ0v) is 19.6. The van der Waals surface area contributed by atoms with Crippen molar-refractivity contribution in [3.05, 3.63) is 70.2 Å². The van der Waals surface area contributed by atoms with Crippen molar-refractivity contribution in [1.29, 1.82) is 0 Å². The van der Waals surface area contributed by atoms with Crippen molar-refractivity contribution in [2.24, 2.45) is 10.6 Å². The Morgan fingerprint density at radius 1 is 0.933 bits per heavy atom. The number of ether oxygens (including phenoxy) is 2. The maximum Gasteiger partial charge on any atom is 0.130 e. The molecule has 0 aromatic heterocycles. The van der Waals surface area contributed by atoms with Gasteiger partial charge in [0.25, 0.3) is 0 Å². The molecule has 2 aromatic carbocycles. The molecule has 0 saturated heterocycles. The minimum atomic E-state index is -0.118. The third kappa shape index (κ3) is 7.58. The first-order valence-electron chi connectivity index (χ1n) is 9.78. The Balaban J connectivity index is 1.98. The summed E-state index contributed by atoms with van der Waals surface area (Å²) in [6.45, 7) is 9.14. The topological polar surface area (TPSA) is 40.0 Å². The van der Waals surface area contributed by atoms with Crippen LogP contribution in [0.5, 0.6) is 11.5 Å². The van der Waals surface area contributed by atoms with Gasteiger partial charge in [-0.05, 0) is 41.5 Å². The smallest absolute Gasteiger partial charge is 0.130 e. The zero-order valence-electron chi connectivity index (χ0n) is 18.1. The van der Waals surface area contributed by atoms with Crippen molar-refractivity contribution in [2.45, 2.75) is 33.6 Å². The number of halogens is 2. The van der Waals surface area contributed by atoms with Gasteiger partial charge in [-0.2, -0.15) is 0 Å². The summed E-state index contributed by atoms with van der Waals surface area (Å²) in [5, 5.41) is 4.10. The molecule has 0 fully saturated rings. The molecule has 0 aliphatic rings. The Morgan fingerprint density at radius 2 is 1.43 bits per heavy atom. The Bertz CT molecular complexity index is 850. The van der Waals surface area contributed by atoms with Crippen LogP contribution in [0.1, 0.15) is 44.7 Å². The van der Waals surface area contributed by atoms with E-state index < -0.39 is 0 Å². The lowest BCUT2D eigenvalue weighted by Gasteiger charge is -2.21. The summed E-state index contributed by atoms with van der Waals surface area (Å²) in [6.07, 6.45) is 1.61. The Labute approximate surface area is 189 Å². The fourth-order valence-corrected chi connectivity index (χ4v) is 2.87. The van der Waals surface area contributed by atoms with Crippen LogP contribution >= 0.6 is 23.2 Å². The maximum atomic E-state index is 5.91. The number of hydrogen-bond acceptors (Lipinski definition) is 4. The molecule has 0 radical (unpaired) electrons. The lowest BCUT2D eigenvalue weighted by Crippen LogP contribution is -2.27. The van der Waals surface area contributed by atoms with Crippen molar-refractivity contribution < 1.29 is 14.3 Å². The van der Waals surface area contributed by atoms with Crippen molar-refractivity contribution in [1.82, 2.24) is 0 Å². The second-order valence-electron chi connectivity index (χ2n) is 7.92. The van der Waals surface area contributed by atoms with E-state index in [1.807, 2.05) is 24.3 Å². The molecular weight excluding hydrogens is 421 g/mol. The van der Waals surface area contributed by atoms with Crippen LogP contribution in [0.25, 0.3) is 0 Å². The molecule has 2 aromatic rings. The van der Waals surface area contributed by atoms with Crippen LogP contribution in [0.2, 0.25) is 0 Å². The van der Waals surface area contributed by atoms with Crippen LogP contribution in [0.3, 0.4) is 0 Å². The van der Waals surface area contributed by atoms with Gasteiger partial charge in [0.15, 0.2) is 0 Å².